The Morgan fingerprint density at radius 3 is 2.33 bits per heavy atom. The molecule has 1 fully saturated rings. The Kier molecular flexibility index (Phi) is 6.20. The molecule has 0 aliphatic carbocycles. The van der Waals surface area contributed by atoms with Crippen LogP contribution >= 0.6 is 0 Å². The predicted octanol–water partition coefficient (Wildman–Crippen LogP) is 1.47. The van der Waals surface area contributed by atoms with Crippen LogP contribution in [0.5, 0.6) is 5.75 Å². The number of methoxy groups -OCH3 is 1. The Bertz CT molecular complexity index is 681. The van der Waals surface area contributed by atoms with Gasteiger partial charge >= 0.3 is 0 Å². The van der Waals surface area contributed by atoms with Crippen molar-refractivity contribution in [2.24, 2.45) is 0 Å². The van der Waals surface area contributed by atoms with Crippen LogP contribution in [-0.2, 0) is 10.0 Å². The van der Waals surface area contributed by atoms with Gasteiger partial charge in [-0.15, -0.1) is 0 Å². The van der Waals surface area contributed by atoms with Gasteiger partial charge < -0.3 is 4.74 Å². The van der Waals surface area contributed by atoms with Crippen LogP contribution in [0.15, 0.2) is 23.1 Å². The zero-order valence-electron chi connectivity index (χ0n) is 14.4. The van der Waals surface area contributed by atoms with Crippen molar-refractivity contribution in [2.75, 3.05) is 34.3 Å². The molecule has 8 heteroatoms. The summed E-state index contributed by atoms with van der Waals surface area (Å²) in [6.45, 7) is 1.04. The summed E-state index contributed by atoms with van der Waals surface area (Å²) in [5, 5.41) is 1.50. The lowest BCUT2D eigenvalue weighted by molar-refractivity contribution is 0.0853. The third-order valence-electron chi connectivity index (χ3n) is 3.94. The van der Waals surface area contributed by atoms with E-state index >= 15 is 0 Å². The molecular formula is C16H25N3O4S. The SMILES string of the molecule is COc1ccc(S(=O)(=O)N2CCCCCC2)cc1C(=O)NN(C)C. The Hall–Kier alpha value is -1.64. The van der Waals surface area contributed by atoms with E-state index in [-0.39, 0.29) is 10.5 Å². The Morgan fingerprint density at radius 1 is 1.17 bits per heavy atom. The molecule has 134 valence electrons. The lowest BCUT2D eigenvalue weighted by atomic mass is 10.2. The van der Waals surface area contributed by atoms with E-state index in [0.29, 0.717) is 18.8 Å². The fourth-order valence-corrected chi connectivity index (χ4v) is 4.26. The topological polar surface area (TPSA) is 79.0 Å². The Labute approximate surface area is 143 Å². The largest absolute Gasteiger partial charge is 0.496 e. The van der Waals surface area contributed by atoms with Crippen LogP contribution in [0.3, 0.4) is 0 Å². The van der Waals surface area contributed by atoms with Crippen molar-refractivity contribution in [2.45, 2.75) is 30.6 Å². The Balaban J connectivity index is 2.37. The molecule has 24 heavy (non-hydrogen) atoms. The molecule has 1 aromatic rings. The van der Waals surface area contributed by atoms with E-state index in [1.54, 1.807) is 14.1 Å². The first-order valence-corrected chi connectivity index (χ1v) is 9.47. The zero-order chi connectivity index (χ0) is 17.7. The number of hydrazine groups is 1. The third-order valence-corrected chi connectivity index (χ3v) is 5.84. The number of benzene rings is 1. The average Bonchev–Trinajstić information content (AvgIpc) is 2.83. The molecule has 0 bridgehead atoms. The molecule has 0 aromatic heterocycles. The van der Waals surface area contributed by atoms with Crippen molar-refractivity contribution in [1.29, 1.82) is 0 Å². The average molecular weight is 355 g/mol. The van der Waals surface area contributed by atoms with E-state index in [1.165, 1.54) is 34.6 Å². The number of carbonyl (C=O) groups is 1. The van der Waals surface area contributed by atoms with E-state index in [9.17, 15) is 13.2 Å². The van der Waals surface area contributed by atoms with Crippen LogP contribution in [0, 0.1) is 0 Å². The van der Waals surface area contributed by atoms with Crippen LogP contribution in [0.2, 0.25) is 0 Å². The predicted molar refractivity (Wildman–Crippen MR) is 91.4 cm³/mol. The lowest BCUT2D eigenvalue weighted by Crippen LogP contribution is -2.36. The van der Waals surface area contributed by atoms with Gasteiger partial charge in [-0.1, -0.05) is 12.8 Å². The van der Waals surface area contributed by atoms with Gasteiger partial charge in [0.15, 0.2) is 0 Å². The zero-order valence-corrected chi connectivity index (χ0v) is 15.2. The maximum Gasteiger partial charge on any atom is 0.269 e. The Morgan fingerprint density at radius 2 is 1.79 bits per heavy atom. The molecule has 1 amide bonds. The van der Waals surface area contributed by atoms with Gasteiger partial charge in [-0.05, 0) is 31.0 Å². The number of nitrogens with one attached hydrogen (secondary N) is 1. The van der Waals surface area contributed by atoms with Crippen LogP contribution in [0.1, 0.15) is 36.0 Å². The summed E-state index contributed by atoms with van der Waals surface area (Å²) in [4.78, 5) is 12.4. The fourth-order valence-electron chi connectivity index (χ4n) is 2.72. The normalized spacial score (nSPS) is 16.7. The summed E-state index contributed by atoms with van der Waals surface area (Å²) < 4.78 is 32.5. The molecule has 1 heterocycles. The summed E-state index contributed by atoms with van der Waals surface area (Å²) in [6, 6.07) is 4.40. The molecule has 0 spiro atoms. The summed E-state index contributed by atoms with van der Waals surface area (Å²) in [6.07, 6.45) is 3.82. The second-order valence-electron chi connectivity index (χ2n) is 6.02. The highest BCUT2D eigenvalue weighted by Gasteiger charge is 2.27. The summed E-state index contributed by atoms with van der Waals surface area (Å²) in [5.74, 6) is -0.0751. The lowest BCUT2D eigenvalue weighted by Gasteiger charge is -2.21. The quantitative estimate of drug-likeness (QED) is 0.809. The highest BCUT2D eigenvalue weighted by atomic mass is 32.2. The van der Waals surface area contributed by atoms with Gasteiger partial charge in [0.25, 0.3) is 5.91 Å². The molecule has 0 saturated carbocycles. The number of sulfonamides is 1. The maximum atomic E-state index is 12.9. The second-order valence-corrected chi connectivity index (χ2v) is 7.95. The van der Waals surface area contributed by atoms with Gasteiger partial charge in [0.05, 0.1) is 17.6 Å². The van der Waals surface area contributed by atoms with Crippen molar-refractivity contribution < 1.29 is 17.9 Å². The molecule has 1 N–H and O–H groups in total. The highest BCUT2D eigenvalue weighted by Crippen LogP contribution is 2.26. The van der Waals surface area contributed by atoms with Gasteiger partial charge in [0, 0.05) is 27.2 Å². The van der Waals surface area contributed by atoms with Crippen molar-refractivity contribution >= 4 is 15.9 Å². The van der Waals surface area contributed by atoms with Crippen molar-refractivity contribution in [1.82, 2.24) is 14.7 Å². The molecule has 2 rings (SSSR count). The number of ether oxygens (including phenoxy) is 1. The summed E-state index contributed by atoms with van der Waals surface area (Å²) in [7, 11) is 1.20. The minimum Gasteiger partial charge on any atom is -0.496 e. The van der Waals surface area contributed by atoms with E-state index in [0.717, 1.165) is 25.7 Å². The molecular weight excluding hydrogens is 330 g/mol. The summed E-state index contributed by atoms with van der Waals surface area (Å²) >= 11 is 0. The first-order valence-electron chi connectivity index (χ1n) is 8.03. The summed E-state index contributed by atoms with van der Waals surface area (Å²) in [5.41, 5.74) is 2.80. The van der Waals surface area contributed by atoms with Crippen molar-refractivity contribution in [3.8, 4) is 5.75 Å². The van der Waals surface area contributed by atoms with Crippen LogP contribution in [0.25, 0.3) is 0 Å². The standard InChI is InChI=1S/C16H25N3O4S/c1-18(2)17-16(20)14-12-13(8-9-15(14)23-3)24(21,22)19-10-6-4-5-7-11-19/h8-9,12H,4-7,10-11H2,1-3H3,(H,17,20). The molecule has 1 aliphatic heterocycles. The van der Waals surface area contributed by atoms with Gasteiger partial charge in [-0.25, -0.2) is 13.4 Å². The molecule has 0 radical (unpaired) electrons. The fraction of sp³-hybridized carbons (Fsp3) is 0.562. The smallest absolute Gasteiger partial charge is 0.269 e. The van der Waals surface area contributed by atoms with E-state index in [4.69, 9.17) is 4.74 Å². The number of nitrogens with zero attached hydrogens (tertiary/aromatic N) is 2. The van der Waals surface area contributed by atoms with Crippen molar-refractivity contribution in [3.05, 3.63) is 23.8 Å². The van der Waals surface area contributed by atoms with Crippen LogP contribution in [-0.4, -0.2) is 57.9 Å². The van der Waals surface area contributed by atoms with Crippen LogP contribution < -0.4 is 10.2 Å². The van der Waals surface area contributed by atoms with Crippen molar-refractivity contribution in [3.63, 3.8) is 0 Å². The minimum atomic E-state index is -3.61. The van der Waals surface area contributed by atoms with E-state index in [1.807, 2.05) is 0 Å². The number of hydrogen-bond acceptors (Lipinski definition) is 5. The maximum absolute atomic E-state index is 12.9. The molecule has 0 unspecified atom stereocenters. The molecule has 1 aromatic carbocycles. The van der Waals surface area contributed by atoms with Gasteiger partial charge in [-0.2, -0.15) is 4.31 Å². The van der Waals surface area contributed by atoms with Gasteiger partial charge in [0.2, 0.25) is 10.0 Å². The molecule has 1 saturated heterocycles. The van der Waals surface area contributed by atoms with E-state index in [2.05, 4.69) is 5.43 Å². The van der Waals surface area contributed by atoms with Gasteiger partial charge in [-0.3, -0.25) is 10.2 Å². The molecule has 1 aliphatic rings. The van der Waals surface area contributed by atoms with Gasteiger partial charge in [0.1, 0.15) is 5.75 Å². The molecule has 7 nitrogen and oxygen atoms in total. The van der Waals surface area contributed by atoms with Crippen LogP contribution in [0.4, 0.5) is 0 Å². The number of hydrogen-bond donors (Lipinski definition) is 1. The highest BCUT2D eigenvalue weighted by molar-refractivity contribution is 7.89. The number of carbonyl (C=O) groups excluding carboxylic acids is 1. The third kappa shape index (κ3) is 4.25. The minimum absolute atomic E-state index is 0.120. The number of amides is 1. The second kappa shape index (κ2) is 7.96. The first kappa shape index (κ1) is 18.7. The first-order chi connectivity index (χ1) is 11.4. The number of rotatable bonds is 5. The van der Waals surface area contributed by atoms with E-state index < -0.39 is 15.9 Å². The monoisotopic (exact) mass is 355 g/mol. The molecule has 0 atom stereocenters.